The van der Waals surface area contributed by atoms with Crippen LogP contribution in [0.25, 0.3) is 0 Å². The van der Waals surface area contributed by atoms with Gasteiger partial charge < -0.3 is 25.2 Å². The van der Waals surface area contributed by atoms with E-state index in [4.69, 9.17) is 16.3 Å². The summed E-state index contributed by atoms with van der Waals surface area (Å²) in [5.74, 6) is -0.187. The molecular weight excluding hydrogens is 438 g/mol. The van der Waals surface area contributed by atoms with Crippen molar-refractivity contribution >= 4 is 40.6 Å². The van der Waals surface area contributed by atoms with Gasteiger partial charge >= 0.3 is 6.03 Å². The third-order valence-electron chi connectivity index (χ3n) is 4.95. The van der Waals surface area contributed by atoms with E-state index in [0.717, 1.165) is 19.6 Å². The first-order valence-electron chi connectivity index (χ1n) is 10.3. The number of urea groups is 1. The number of nitrogens with one attached hydrogen (secondary N) is 2. The van der Waals surface area contributed by atoms with E-state index in [-0.39, 0.29) is 18.5 Å². The predicted molar refractivity (Wildman–Crippen MR) is 123 cm³/mol. The minimum absolute atomic E-state index is 0.187. The number of carbonyl (C=O) groups is 2. The quantitative estimate of drug-likeness (QED) is 0.562. The number of carbonyl (C=O) groups excluding carboxylic acids is 2. The van der Waals surface area contributed by atoms with E-state index in [0.29, 0.717) is 41.1 Å². The molecule has 2 N–H and O–H groups in total. The number of nitrogens with zero attached hydrogens (tertiary/aromatic N) is 3. The van der Waals surface area contributed by atoms with E-state index in [2.05, 4.69) is 20.5 Å². The molecule has 2 aromatic rings. The Labute approximate surface area is 191 Å². The molecule has 31 heavy (non-hydrogen) atoms. The molecule has 1 aromatic carbocycles. The second kappa shape index (κ2) is 12.0. The Hall–Kier alpha value is -2.20. The van der Waals surface area contributed by atoms with Gasteiger partial charge in [-0.3, -0.25) is 4.79 Å². The molecule has 0 bridgehead atoms. The molecule has 2 heterocycles. The van der Waals surface area contributed by atoms with Crippen LogP contribution in [0.5, 0.6) is 0 Å². The summed E-state index contributed by atoms with van der Waals surface area (Å²) < 4.78 is 5.13. The van der Waals surface area contributed by atoms with Crippen molar-refractivity contribution in [3.05, 3.63) is 45.4 Å². The molecule has 0 radical (unpaired) electrons. The van der Waals surface area contributed by atoms with Gasteiger partial charge in [-0.25, -0.2) is 9.78 Å². The Bertz CT molecular complexity index is 872. The minimum Gasteiger partial charge on any atom is -0.383 e. The standard InChI is InChI=1S/C21H28ClN5O3S/c1-30-12-11-27(21(29)24-17-6-4-5-16(22)13-17)14-19-25-18(15-31-19)20(28)23-7-10-26-8-2-3-9-26/h4-6,13,15H,2-3,7-12,14H2,1H3,(H,23,28)(H,24,29). The summed E-state index contributed by atoms with van der Waals surface area (Å²) in [7, 11) is 1.58. The van der Waals surface area contributed by atoms with Crippen molar-refractivity contribution < 1.29 is 14.3 Å². The fraction of sp³-hybridized carbons (Fsp3) is 0.476. The van der Waals surface area contributed by atoms with Crippen LogP contribution in [-0.2, 0) is 11.3 Å². The zero-order valence-corrected chi connectivity index (χ0v) is 19.2. The number of aromatic nitrogens is 1. The van der Waals surface area contributed by atoms with Crippen molar-refractivity contribution in [2.24, 2.45) is 0 Å². The summed E-state index contributed by atoms with van der Waals surface area (Å²) in [5, 5.41) is 8.71. The molecule has 1 aromatic heterocycles. The zero-order chi connectivity index (χ0) is 22.1. The van der Waals surface area contributed by atoms with Crippen LogP contribution < -0.4 is 10.6 Å². The number of methoxy groups -OCH3 is 1. The van der Waals surface area contributed by atoms with Crippen LogP contribution in [0, 0.1) is 0 Å². The number of amides is 3. The van der Waals surface area contributed by atoms with Crippen molar-refractivity contribution in [1.82, 2.24) is 20.1 Å². The fourth-order valence-corrected chi connectivity index (χ4v) is 4.28. The first kappa shape index (κ1) is 23.5. The molecule has 8 nitrogen and oxygen atoms in total. The second-order valence-corrected chi connectivity index (χ2v) is 8.67. The van der Waals surface area contributed by atoms with Gasteiger partial charge in [0.25, 0.3) is 5.91 Å². The van der Waals surface area contributed by atoms with Gasteiger partial charge in [-0.05, 0) is 44.1 Å². The van der Waals surface area contributed by atoms with Crippen LogP contribution in [0.1, 0.15) is 28.3 Å². The molecular formula is C21H28ClN5O3S. The van der Waals surface area contributed by atoms with E-state index >= 15 is 0 Å². The molecule has 0 unspecified atom stereocenters. The number of hydrogen-bond donors (Lipinski definition) is 2. The van der Waals surface area contributed by atoms with E-state index in [9.17, 15) is 9.59 Å². The molecule has 0 atom stereocenters. The molecule has 1 aliphatic heterocycles. The largest absolute Gasteiger partial charge is 0.383 e. The van der Waals surface area contributed by atoms with E-state index < -0.39 is 0 Å². The number of benzene rings is 1. The van der Waals surface area contributed by atoms with Crippen molar-refractivity contribution in [1.29, 1.82) is 0 Å². The van der Waals surface area contributed by atoms with Gasteiger partial charge in [0.2, 0.25) is 0 Å². The minimum atomic E-state index is -0.286. The monoisotopic (exact) mass is 465 g/mol. The van der Waals surface area contributed by atoms with Gasteiger partial charge in [-0.15, -0.1) is 11.3 Å². The van der Waals surface area contributed by atoms with Gasteiger partial charge in [0.05, 0.1) is 13.2 Å². The fourth-order valence-electron chi connectivity index (χ4n) is 3.30. The molecule has 10 heteroatoms. The molecule has 3 rings (SSSR count). The van der Waals surface area contributed by atoms with Gasteiger partial charge in [-0.1, -0.05) is 17.7 Å². The average molecular weight is 466 g/mol. The van der Waals surface area contributed by atoms with E-state index in [1.54, 1.807) is 41.7 Å². The number of likely N-dealkylation sites (tertiary alicyclic amines) is 1. The third kappa shape index (κ3) is 7.46. The van der Waals surface area contributed by atoms with Crippen LogP contribution in [0.15, 0.2) is 29.6 Å². The summed E-state index contributed by atoms with van der Waals surface area (Å²) in [6.07, 6.45) is 2.46. The zero-order valence-electron chi connectivity index (χ0n) is 17.6. The predicted octanol–water partition coefficient (Wildman–Crippen LogP) is 3.30. The van der Waals surface area contributed by atoms with Crippen LogP contribution >= 0.6 is 22.9 Å². The first-order valence-corrected chi connectivity index (χ1v) is 11.6. The number of halogens is 1. The van der Waals surface area contributed by atoms with Gasteiger partial charge in [0.15, 0.2) is 0 Å². The van der Waals surface area contributed by atoms with Crippen LogP contribution in [0.3, 0.4) is 0 Å². The third-order valence-corrected chi connectivity index (χ3v) is 6.02. The topological polar surface area (TPSA) is 86.8 Å². The smallest absolute Gasteiger partial charge is 0.322 e. The summed E-state index contributed by atoms with van der Waals surface area (Å²) in [6, 6.07) is 6.68. The van der Waals surface area contributed by atoms with Gasteiger partial charge in [0, 0.05) is 42.8 Å². The highest BCUT2D eigenvalue weighted by molar-refractivity contribution is 7.09. The Balaban J connectivity index is 1.54. The van der Waals surface area contributed by atoms with Crippen molar-refractivity contribution in [3.63, 3.8) is 0 Å². The second-order valence-electron chi connectivity index (χ2n) is 7.29. The summed E-state index contributed by atoms with van der Waals surface area (Å²) in [4.78, 5) is 33.5. The maximum absolute atomic E-state index is 12.8. The van der Waals surface area contributed by atoms with Crippen molar-refractivity contribution in [3.8, 4) is 0 Å². The lowest BCUT2D eigenvalue weighted by molar-refractivity contribution is 0.0945. The molecule has 3 amide bonds. The maximum Gasteiger partial charge on any atom is 0.322 e. The lowest BCUT2D eigenvalue weighted by Crippen LogP contribution is -2.37. The molecule has 168 valence electrons. The number of hydrogen-bond acceptors (Lipinski definition) is 6. The van der Waals surface area contributed by atoms with Crippen LogP contribution in [0.2, 0.25) is 5.02 Å². The maximum atomic E-state index is 12.8. The summed E-state index contributed by atoms with van der Waals surface area (Å²) >= 11 is 7.35. The van der Waals surface area contributed by atoms with Gasteiger partial charge in [-0.2, -0.15) is 0 Å². The lowest BCUT2D eigenvalue weighted by Gasteiger charge is -2.21. The van der Waals surface area contributed by atoms with Crippen molar-refractivity contribution in [2.45, 2.75) is 19.4 Å². The molecule has 0 saturated carbocycles. The summed E-state index contributed by atoms with van der Waals surface area (Å²) in [6.45, 7) is 4.72. The SMILES string of the molecule is COCCN(Cc1nc(C(=O)NCCN2CCCC2)cs1)C(=O)Nc1cccc(Cl)c1. The lowest BCUT2D eigenvalue weighted by atomic mass is 10.3. The Morgan fingerprint density at radius 1 is 1.32 bits per heavy atom. The molecule has 1 fully saturated rings. The highest BCUT2D eigenvalue weighted by Crippen LogP contribution is 2.17. The Morgan fingerprint density at radius 2 is 2.13 bits per heavy atom. The number of thiazole rings is 1. The molecule has 0 spiro atoms. The van der Waals surface area contributed by atoms with Gasteiger partial charge in [0.1, 0.15) is 10.7 Å². The Morgan fingerprint density at radius 3 is 2.87 bits per heavy atom. The normalized spacial score (nSPS) is 13.9. The number of ether oxygens (including phenoxy) is 1. The highest BCUT2D eigenvalue weighted by atomic mass is 35.5. The van der Waals surface area contributed by atoms with Crippen molar-refractivity contribution in [2.75, 3.05) is 51.8 Å². The number of rotatable bonds is 10. The van der Waals surface area contributed by atoms with E-state index in [1.165, 1.54) is 24.2 Å². The molecule has 0 aliphatic carbocycles. The average Bonchev–Trinajstić information content (AvgIpc) is 3.43. The van der Waals surface area contributed by atoms with Crippen LogP contribution in [-0.4, -0.2) is 73.2 Å². The van der Waals surface area contributed by atoms with Crippen LogP contribution in [0.4, 0.5) is 10.5 Å². The van der Waals surface area contributed by atoms with E-state index in [1.807, 2.05) is 0 Å². The Kier molecular flexibility index (Phi) is 9.08. The first-order chi connectivity index (χ1) is 15.0. The molecule has 1 aliphatic rings. The number of anilines is 1. The summed E-state index contributed by atoms with van der Waals surface area (Å²) in [5.41, 5.74) is 0.987. The highest BCUT2D eigenvalue weighted by Gasteiger charge is 2.18. The molecule has 1 saturated heterocycles.